The Hall–Kier alpha value is -2.87. The van der Waals surface area contributed by atoms with Crippen molar-refractivity contribution < 1.29 is 36.6 Å². The fourth-order valence-corrected chi connectivity index (χ4v) is 5.30. The van der Waals surface area contributed by atoms with Gasteiger partial charge in [0, 0.05) is 31.2 Å². The average Bonchev–Trinajstić information content (AvgIpc) is 3.51. The van der Waals surface area contributed by atoms with Gasteiger partial charge >= 0.3 is 12.1 Å². The van der Waals surface area contributed by atoms with E-state index in [2.05, 4.69) is 20.7 Å². The molecule has 3 N–H and O–H groups in total. The summed E-state index contributed by atoms with van der Waals surface area (Å²) in [7, 11) is 0. The van der Waals surface area contributed by atoms with E-state index in [0.29, 0.717) is 25.8 Å². The van der Waals surface area contributed by atoms with Crippen LogP contribution in [0.1, 0.15) is 68.8 Å². The van der Waals surface area contributed by atoms with Gasteiger partial charge in [0.05, 0.1) is 24.2 Å². The number of pyridine rings is 1. The monoisotopic (exact) mass is 546 g/mol. The predicted octanol–water partition coefficient (Wildman–Crippen LogP) is 3.34. The maximum Gasteiger partial charge on any atom is 0.418 e. The van der Waals surface area contributed by atoms with Gasteiger partial charge in [-0.25, -0.2) is 13.8 Å². The fourth-order valence-electron chi connectivity index (χ4n) is 5.30. The number of carbonyl (C=O) groups is 2. The van der Waals surface area contributed by atoms with Crippen molar-refractivity contribution in [2.24, 2.45) is 4.99 Å². The first-order valence-corrected chi connectivity index (χ1v) is 12.7. The van der Waals surface area contributed by atoms with Crippen molar-refractivity contribution in [1.29, 1.82) is 0 Å². The molecule has 0 bridgehead atoms. The lowest BCUT2D eigenvalue weighted by molar-refractivity contribution is -0.139. The van der Waals surface area contributed by atoms with Gasteiger partial charge in [-0.3, -0.25) is 24.9 Å². The minimum Gasteiger partial charge on any atom is -0.481 e. The van der Waals surface area contributed by atoms with Gasteiger partial charge in [0.25, 0.3) is 11.8 Å². The molecule has 3 aliphatic rings. The first-order valence-electron chi connectivity index (χ1n) is 12.7. The van der Waals surface area contributed by atoms with E-state index < -0.39 is 54.7 Å². The van der Waals surface area contributed by atoms with Crippen LogP contribution in [0.5, 0.6) is 0 Å². The highest BCUT2D eigenvalue weighted by Crippen LogP contribution is 2.39. The smallest absolute Gasteiger partial charge is 0.418 e. The highest BCUT2D eigenvalue weighted by atomic mass is 19.4. The number of nitrogens with zero attached hydrogens (tertiary/aromatic N) is 4. The number of aliphatic imine (C=N–C) groups is 1. The van der Waals surface area contributed by atoms with Crippen molar-refractivity contribution in [1.82, 2.24) is 25.6 Å². The number of hydrazine groups is 1. The minimum atomic E-state index is -4.68. The second kappa shape index (κ2) is 11.5. The first kappa shape index (κ1) is 28.1. The van der Waals surface area contributed by atoms with Crippen LogP contribution in [-0.2, 0) is 15.8 Å². The minimum absolute atomic E-state index is 0.107. The molecule has 1 aliphatic carbocycles. The van der Waals surface area contributed by atoms with Crippen LogP contribution < -0.4 is 10.7 Å². The number of carbonyl (C=O) groups excluding carboxylic acids is 1. The zero-order valence-electron chi connectivity index (χ0n) is 20.7. The van der Waals surface area contributed by atoms with Crippen molar-refractivity contribution >= 4 is 17.7 Å². The summed E-state index contributed by atoms with van der Waals surface area (Å²) in [5.41, 5.74) is 1.55. The molecular weight excluding hydrogens is 515 g/mol. The first-order chi connectivity index (χ1) is 17.9. The Balaban J connectivity index is 1.51. The summed E-state index contributed by atoms with van der Waals surface area (Å²) in [6.45, 7) is 0.174. The molecule has 210 valence electrons. The molecule has 9 nitrogen and oxygen atoms in total. The lowest BCUT2D eigenvalue weighted by Gasteiger charge is -2.33. The highest BCUT2D eigenvalue weighted by molar-refractivity contribution is 6.38. The van der Waals surface area contributed by atoms with E-state index in [1.807, 2.05) is 0 Å². The number of likely N-dealkylation sites (tertiary alicyclic amines) is 1. The number of hydrogen-bond donors (Lipinski definition) is 3. The summed E-state index contributed by atoms with van der Waals surface area (Å²) in [6.07, 6.45) is -1.72. The molecule has 2 fully saturated rings. The quantitative estimate of drug-likeness (QED) is 0.408. The van der Waals surface area contributed by atoms with E-state index in [1.165, 1.54) is 22.2 Å². The van der Waals surface area contributed by atoms with Gasteiger partial charge < -0.3 is 10.4 Å². The molecule has 4 rings (SSSR count). The normalized spacial score (nSPS) is 23.6. The van der Waals surface area contributed by atoms with Crippen LogP contribution in [-0.4, -0.2) is 75.4 Å². The third-order valence-electron chi connectivity index (χ3n) is 7.09. The van der Waals surface area contributed by atoms with E-state index in [4.69, 9.17) is 0 Å². The lowest BCUT2D eigenvalue weighted by Crippen LogP contribution is -2.51. The SMILES string of the molecule is O=C(O)CC(CCN1CCCC(F)(F)C1)NC(=O)C1=NC(c2ncccc2C(F)(F)F)N(C2CCCC2)N1. The average molecular weight is 547 g/mol. The molecule has 14 heteroatoms. The van der Waals surface area contributed by atoms with Gasteiger partial charge in [0.1, 0.15) is 0 Å². The second-order valence-corrected chi connectivity index (χ2v) is 10.0. The topological polar surface area (TPSA) is 110 Å². The number of hydrogen-bond acceptors (Lipinski definition) is 7. The summed E-state index contributed by atoms with van der Waals surface area (Å²) >= 11 is 0. The Morgan fingerprint density at radius 3 is 2.63 bits per heavy atom. The molecular formula is C24H31F5N6O3. The molecule has 0 spiro atoms. The number of carboxylic acids is 1. The van der Waals surface area contributed by atoms with Gasteiger partial charge in [-0.05, 0) is 44.4 Å². The van der Waals surface area contributed by atoms with Crippen LogP contribution in [0.3, 0.4) is 0 Å². The zero-order valence-corrected chi connectivity index (χ0v) is 20.7. The number of amides is 1. The van der Waals surface area contributed by atoms with Gasteiger partial charge in [-0.15, -0.1) is 0 Å². The summed E-state index contributed by atoms with van der Waals surface area (Å²) in [5, 5.41) is 13.4. The summed E-state index contributed by atoms with van der Waals surface area (Å²) < 4.78 is 68.7. The summed E-state index contributed by atoms with van der Waals surface area (Å²) in [4.78, 5) is 34.3. The standard InChI is InChI=1S/C24H31F5N6O3/c25-23(26)9-4-11-34(14-23)12-8-15(13-18(36)37)31-22(38)20-32-21(35(33-20)16-5-1-2-6-16)19-17(24(27,28)29)7-3-10-30-19/h3,7,10,15-16,21H,1-2,4-6,8-9,11-14H2,(H,31,38)(H,32,33)(H,36,37). The Morgan fingerprint density at radius 2 is 1.97 bits per heavy atom. The van der Waals surface area contributed by atoms with Crippen LogP contribution in [0.15, 0.2) is 23.3 Å². The van der Waals surface area contributed by atoms with E-state index in [-0.39, 0.29) is 37.0 Å². The predicted molar refractivity (Wildman–Crippen MR) is 126 cm³/mol. The van der Waals surface area contributed by atoms with E-state index in [0.717, 1.165) is 18.9 Å². The van der Waals surface area contributed by atoms with Gasteiger partial charge in [0.2, 0.25) is 5.84 Å². The number of nitrogens with one attached hydrogen (secondary N) is 2. The molecule has 1 saturated heterocycles. The maximum atomic E-state index is 13.7. The number of amidine groups is 1. The number of piperidine rings is 1. The van der Waals surface area contributed by atoms with E-state index >= 15 is 0 Å². The summed E-state index contributed by atoms with van der Waals surface area (Å²) in [5.74, 6) is -5.03. The third kappa shape index (κ3) is 6.95. The second-order valence-electron chi connectivity index (χ2n) is 10.0. The van der Waals surface area contributed by atoms with Gasteiger partial charge in [-0.2, -0.15) is 18.2 Å². The van der Waals surface area contributed by atoms with Crippen molar-refractivity contribution in [3.05, 3.63) is 29.6 Å². The molecule has 0 aromatic carbocycles. The van der Waals surface area contributed by atoms with Crippen molar-refractivity contribution in [2.45, 2.75) is 81.7 Å². The van der Waals surface area contributed by atoms with Crippen molar-refractivity contribution in [2.75, 3.05) is 19.6 Å². The largest absolute Gasteiger partial charge is 0.481 e. The maximum absolute atomic E-state index is 13.7. The molecule has 2 atom stereocenters. The Bertz CT molecular complexity index is 1050. The molecule has 38 heavy (non-hydrogen) atoms. The molecule has 0 radical (unpaired) electrons. The van der Waals surface area contributed by atoms with E-state index in [1.54, 1.807) is 0 Å². The number of aliphatic carboxylic acids is 1. The van der Waals surface area contributed by atoms with Crippen LogP contribution in [0.2, 0.25) is 0 Å². The molecule has 1 aromatic rings. The van der Waals surface area contributed by atoms with Crippen LogP contribution >= 0.6 is 0 Å². The number of aromatic nitrogens is 1. The van der Waals surface area contributed by atoms with Crippen molar-refractivity contribution in [3.63, 3.8) is 0 Å². The summed E-state index contributed by atoms with van der Waals surface area (Å²) in [6, 6.07) is 1.03. The third-order valence-corrected chi connectivity index (χ3v) is 7.09. The van der Waals surface area contributed by atoms with E-state index in [9.17, 15) is 36.6 Å². The number of halogens is 5. The van der Waals surface area contributed by atoms with Crippen LogP contribution in [0.25, 0.3) is 0 Å². The lowest BCUT2D eigenvalue weighted by atomic mass is 10.1. The molecule has 1 aromatic heterocycles. The Kier molecular flexibility index (Phi) is 8.50. The number of carboxylic acid groups (broad SMARTS) is 1. The number of alkyl halides is 5. The fraction of sp³-hybridized carbons (Fsp3) is 0.667. The van der Waals surface area contributed by atoms with Crippen LogP contribution in [0, 0.1) is 0 Å². The molecule has 2 aliphatic heterocycles. The zero-order chi connectivity index (χ0) is 27.5. The van der Waals surface area contributed by atoms with Crippen molar-refractivity contribution in [3.8, 4) is 0 Å². The number of rotatable bonds is 9. The molecule has 2 unspecified atom stereocenters. The molecule has 1 amide bonds. The molecule has 1 saturated carbocycles. The Morgan fingerprint density at radius 1 is 1.24 bits per heavy atom. The Labute approximate surface area is 216 Å². The van der Waals surface area contributed by atoms with Gasteiger partial charge in [-0.1, -0.05) is 12.8 Å². The van der Waals surface area contributed by atoms with Gasteiger partial charge in [0.15, 0.2) is 6.17 Å². The highest BCUT2D eigenvalue weighted by Gasteiger charge is 2.43. The van der Waals surface area contributed by atoms with Crippen LogP contribution in [0.4, 0.5) is 22.0 Å². The molecule has 3 heterocycles.